The van der Waals surface area contributed by atoms with Gasteiger partial charge in [0.2, 0.25) is 5.95 Å². The van der Waals surface area contributed by atoms with E-state index in [2.05, 4.69) is 20.4 Å². The maximum Gasteiger partial charge on any atom is 0.303 e. The number of aryl methyl sites for hydroxylation is 1. The molecule has 3 aromatic rings. The number of carboxylic acid groups (broad SMARTS) is 1. The van der Waals surface area contributed by atoms with Gasteiger partial charge in [-0.15, -0.1) is 0 Å². The number of carbonyl (C=O) groups is 1. The molecule has 0 saturated carbocycles. The summed E-state index contributed by atoms with van der Waals surface area (Å²) in [5.41, 5.74) is 1.28. The van der Waals surface area contributed by atoms with E-state index in [0.717, 1.165) is 5.56 Å². The smallest absolute Gasteiger partial charge is 0.303 e. The number of nitrogens with one attached hydrogen (secondary N) is 2. The van der Waals surface area contributed by atoms with Crippen LogP contribution in [0.2, 0.25) is 10.0 Å². The van der Waals surface area contributed by atoms with Gasteiger partial charge in [-0.3, -0.25) is 19.3 Å². The van der Waals surface area contributed by atoms with Gasteiger partial charge >= 0.3 is 5.97 Å². The zero-order valence-electron chi connectivity index (χ0n) is 13.5. The third-order valence-electron chi connectivity index (χ3n) is 3.70. The fraction of sp³-hybridized carbons (Fsp3) is 0.250. The van der Waals surface area contributed by atoms with Crippen molar-refractivity contribution in [3.8, 4) is 0 Å². The molecule has 0 spiro atoms. The van der Waals surface area contributed by atoms with Crippen LogP contribution in [0.5, 0.6) is 0 Å². The number of hydrogen-bond donors (Lipinski definition) is 3. The molecule has 0 unspecified atom stereocenters. The molecule has 2 heterocycles. The second kappa shape index (κ2) is 7.76. The number of halogens is 2. The third kappa shape index (κ3) is 4.14. The molecule has 2 aromatic heterocycles. The number of rotatable bonds is 7. The Kier molecular flexibility index (Phi) is 5.43. The summed E-state index contributed by atoms with van der Waals surface area (Å²) in [6, 6.07) is 5.24. The summed E-state index contributed by atoms with van der Waals surface area (Å²) in [6.45, 7) is 0.731. The Bertz CT molecular complexity index is 1010. The average molecular weight is 396 g/mol. The highest BCUT2D eigenvalue weighted by Crippen LogP contribution is 2.22. The first-order valence-corrected chi connectivity index (χ1v) is 8.55. The van der Waals surface area contributed by atoms with Gasteiger partial charge in [-0.05, 0) is 24.1 Å². The van der Waals surface area contributed by atoms with Crippen molar-refractivity contribution in [3.05, 3.63) is 50.4 Å². The molecule has 0 bridgehead atoms. The van der Waals surface area contributed by atoms with Crippen molar-refractivity contribution >= 4 is 46.2 Å². The van der Waals surface area contributed by atoms with E-state index in [1.807, 2.05) is 6.07 Å². The monoisotopic (exact) mass is 395 g/mol. The van der Waals surface area contributed by atoms with Gasteiger partial charge in [0.15, 0.2) is 5.52 Å². The van der Waals surface area contributed by atoms with Gasteiger partial charge in [0.1, 0.15) is 5.52 Å². The van der Waals surface area contributed by atoms with Crippen LogP contribution in [-0.2, 0) is 17.9 Å². The quantitative estimate of drug-likeness (QED) is 0.566. The summed E-state index contributed by atoms with van der Waals surface area (Å²) in [6.07, 6.45) is 1.87. The van der Waals surface area contributed by atoms with E-state index in [9.17, 15) is 9.59 Å². The number of benzene rings is 1. The molecule has 0 atom stereocenters. The van der Waals surface area contributed by atoms with Gasteiger partial charge < -0.3 is 10.4 Å². The van der Waals surface area contributed by atoms with Crippen LogP contribution in [0.25, 0.3) is 11.0 Å². The predicted octanol–water partition coefficient (Wildman–Crippen LogP) is 2.90. The highest BCUT2D eigenvalue weighted by molar-refractivity contribution is 6.42. The number of fused-ring (bicyclic) bond motifs is 1. The lowest BCUT2D eigenvalue weighted by Crippen LogP contribution is -2.16. The molecule has 0 fully saturated rings. The van der Waals surface area contributed by atoms with Gasteiger partial charge in [-0.1, -0.05) is 29.3 Å². The highest BCUT2D eigenvalue weighted by atomic mass is 35.5. The number of aromatic amines is 1. The lowest BCUT2D eigenvalue weighted by molar-refractivity contribution is -0.137. The Labute approximate surface area is 157 Å². The molecule has 0 amide bonds. The SMILES string of the molecule is O=C(O)CCCn1ncc2nc(NCc3ccc(Cl)c(Cl)c3)[nH]c(=O)c21. The van der Waals surface area contributed by atoms with Crippen LogP contribution in [0.1, 0.15) is 18.4 Å². The Morgan fingerprint density at radius 1 is 1.31 bits per heavy atom. The molecule has 0 aliphatic carbocycles. The van der Waals surface area contributed by atoms with Gasteiger partial charge in [-0.25, -0.2) is 4.98 Å². The molecule has 26 heavy (non-hydrogen) atoms. The number of H-pyrrole nitrogens is 1. The van der Waals surface area contributed by atoms with Crippen LogP contribution >= 0.6 is 23.2 Å². The molecule has 136 valence electrons. The standard InChI is InChI=1S/C16H15Cl2N5O3/c17-10-4-3-9(6-11(10)18)7-19-16-21-12-8-20-23(5-1-2-13(24)25)14(12)15(26)22-16/h3-4,6,8H,1-2,5,7H2,(H,24,25)(H2,19,21,22,26). The fourth-order valence-corrected chi connectivity index (χ4v) is 2.80. The molecule has 3 N–H and O–H groups in total. The molecular formula is C16H15Cl2N5O3. The summed E-state index contributed by atoms with van der Waals surface area (Å²) in [5.74, 6) is -0.582. The van der Waals surface area contributed by atoms with Crippen molar-refractivity contribution in [1.82, 2.24) is 19.7 Å². The van der Waals surface area contributed by atoms with Crippen LogP contribution in [-0.4, -0.2) is 30.8 Å². The number of aromatic nitrogens is 4. The summed E-state index contributed by atoms with van der Waals surface area (Å²) in [4.78, 5) is 29.9. The molecule has 0 aliphatic heterocycles. The van der Waals surface area contributed by atoms with Gasteiger partial charge in [0, 0.05) is 19.5 Å². The number of hydrogen-bond acceptors (Lipinski definition) is 5. The second-order valence-electron chi connectivity index (χ2n) is 5.62. The molecule has 3 rings (SSSR count). The average Bonchev–Trinajstić information content (AvgIpc) is 2.99. The number of carboxylic acids is 1. The Morgan fingerprint density at radius 3 is 2.85 bits per heavy atom. The van der Waals surface area contributed by atoms with Crippen molar-refractivity contribution in [2.24, 2.45) is 0 Å². The first-order chi connectivity index (χ1) is 12.4. The molecule has 0 saturated heterocycles. The van der Waals surface area contributed by atoms with Crippen molar-refractivity contribution in [1.29, 1.82) is 0 Å². The van der Waals surface area contributed by atoms with Crippen LogP contribution in [0.3, 0.4) is 0 Å². The lowest BCUT2D eigenvalue weighted by Gasteiger charge is -2.07. The van der Waals surface area contributed by atoms with Gasteiger partial charge in [0.25, 0.3) is 5.56 Å². The summed E-state index contributed by atoms with van der Waals surface area (Å²) in [5, 5.41) is 16.8. The highest BCUT2D eigenvalue weighted by Gasteiger charge is 2.11. The van der Waals surface area contributed by atoms with E-state index in [-0.39, 0.29) is 12.0 Å². The largest absolute Gasteiger partial charge is 0.481 e. The number of anilines is 1. The Hall–Kier alpha value is -2.58. The van der Waals surface area contributed by atoms with Crippen LogP contribution < -0.4 is 10.9 Å². The van der Waals surface area contributed by atoms with Crippen LogP contribution in [0.4, 0.5) is 5.95 Å². The minimum Gasteiger partial charge on any atom is -0.481 e. The predicted molar refractivity (Wildman–Crippen MR) is 98.8 cm³/mol. The zero-order valence-corrected chi connectivity index (χ0v) is 15.0. The molecule has 10 heteroatoms. The zero-order chi connectivity index (χ0) is 18.7. The molecular weight excluding hydrogens is 381 g/mol. The first-order valence-electron chi connectivity index (χ1n) is 7.79. The first kappa shape index (κ1) is 18.2. The molecule has 0 aliphatic rings. The van der Waals surface area contributed by atoms with Crippen molar-refractivity contribution < 1.29 is 9.90 Å². The van der Waals surface area contributed by atoms with Crippen molar-refractivity contribution in [2.75, 3.05) is 5.32 Å². The summed E-state index contributed by atoms with van der Waals surface area (Å²) >= 11 is 11.9. The van der Waals surface area contributed by atoms with Crippen LogP contribution in [0.15, 0.2) is 29.2 Å². The van der Waals surface area contributed by atoms with Crippen molar-refractivity contribution in [2.45, 2.75) is 25.9 Å². The van der Waals surface area contributed by atoms with E-state index >= 15 is 0 Å². The van der Waals surface area contributed by atoms with E-state index in [0.29, 0.717) is 46.5 Å². The second-order valence-corrected chi connectivity index (χ2v) is 6.43. The molecule has 1 aromatic carbocycles. The minimum atomic E-state index is -0.887. The minimum absolute atomic E-state index is 0.00990. The van der Waals surface area contributed by atoms with Crippen LogP contribution in [0, 0.1) is 0 Å². The Morgan fingerprint density at radius 2 is 2.12 bits per heavy atom. The third-order valence-corrected chi connectivity index (χ3v) is 4.44. The van der Waals surface area contributed by atoms with E-state index in [1.54, 1.807) is 12.1 Å². The summed E-state index contributed by atoms with van der Waals surface area (Å²) in [7, 11) is 0. The summed E-state index contributed by atoms with van der Waals surface area (Å²) < 4.78 is 1.47. The number of aliphatic carboxylic acids is 1. The normalized spacial score (nSPS) is 11.0. The topological polar surface area (TPSA) is 113 Å². The molecule has 0 radical (unpaired) electrons. The molecule has 8 nitrogen and oxygen atoms in total. The van der Waals surface area contributed by atoms with E-state index in [1.165, 1.54) is 10.9 Å². The van der Waals surface area contributed by atoms with Gasteiger partial charge in [-0.2, -0.15) is 5.10 Å². The van der Waals surface area contributed by atoms with Gasteiger partial charge in [0.05, 0.1) is 16.2 Å². The Balaban J connectivity index is 1.75. The maximum atomic E-state index is 12.3. The lowest BCUT2D eigenvalue weighted by atomic mass is 10.2. The fourth-order valence-electron chi connectivity index (χ4n) is 2.47. The van der Waals surface area contributed by atoms with E-state index < -0.39 is 5.97 Å². The van der Waals surface area contributed by atoms with Crippen molar-refractivity contribution in [3.63, 3.8) is 0 Å². The van der Waals surface area contributed by atoms with E-state index in [4.69, 9.17) is 28.3 Å². The number of nitrogens with zero attached hydrogens (tertiary/aromatic N) is 3. The maximum absolute atomic E-state index is 12.3.